The average molecular weight is 406 g/mol. The lowest BCUT2D eigenvalue weighted by Gasteiger charge is -2.35. The number of hydrogen-bond acceptors (Lipinski definition) is 4. The number of nitrogens with zero attached hydrogens (tertiary/aromatic N) is 2. The van der Waals surface area contributed by atoms with Crippen LogP contribution in [0.1, 0.15) is 12.5 Å². The first kappa shape index (κ1) is 20.3. The highest BCUT2D eigenvalue weighted by atomic mass is 32.2. The molecule has 0 bridgehead atoms. The predicted octanol–water partition coefficient (Wildman–Crippen LogP) is 2.43. The van der Waals surface area contributed by atoms with E-state index in [0.29, 0.717) is 5.75 Å². The molecule has 0 saturated carbocycles. The summed E-state index contributed by atoms with van der Waals surface area (Å²) in [5.74, 6) is -0.0553. The number of rotatable bonds is 5. The van der Waals surface area contributed by atoms with Crippen LogP contribution in [-0.2, 0) is 14.8 Å². The number of halogens is 1. The summed E-state index contributed by atoms with van der Waals surface area (Å²) in [5.41, 5.74) is 1.10. The zero-order valence-electron chi connectivity index (χ0n) is 15.8. The van der Waals surface area contributed by atoms with Gasteiger partial charge < -0.3 is 9.64 Å². The Hall–Kier alpha value is -2.45. The second-order valence-electron chi connectivity index (χ2n) is 6.76. The van der Waals surface area contributed by atoms with Crippen LogP contribution in [-0.4, -0.2) is 55.8 Å². The van der Waals surface area contributed by atoms with E-state index in [1.165, 1.54) is 16.4 Å². The van der Waals surface area contributed by atoms with E-state index in [1.54, 1.807) is 11.8 Å². The summed E-state index contributed by atoms with van der Waals surface area (Å²) >= 11 is 0. The molecular formula is C20H23FN2O4S. The molecule has 8 heteroatoms. The Bertz CT molecular complexity index is 922. The monoisotopic (exact) mass is 406 g/mol. The number of benzene rings is 2. The topological polar surface area (TPSA) is 66.9 Å². The van der Waals surface area contributed by atoms with Crippen LogP contribution < -0.4 is 4.74 Å². The predicted molar refractivity (Wildman–Crippen MR) is 103 cm³/mol. The minimum Gasteiger partial charge on any atom is -0.481 e. The second-order valence-corrected chi connectivity index (χ2v) is 8.69. The van der Waals surface area contributed by atoms with E-state index >= 15 is 0 Å². The molecule has 2 aromatic carbocycles. The zero-order valence-corrected chi connectivity index (χ0v) is 16.7. The van der Waals surface area contributed by atoms with E-state index in [1.807, 2.05) is 31.2 Å². The standard InChI is InChI=1S/C20H23FN2O4S/c1-15-3-7-18(8-4-15)27-16(2)20(24)22-11-13-23(14-12-22)28(25,26)19-9-5-17(21)6-10-19/h3-10,16H,11-14H2,1-2H3. The molecule has 1 atom stereocenters. The van der Waals surface area contributed by atoms with Crippen molar-refractivity contribution < 1.29 is 22.3 Å². The van der Waals surface area contributed by atoms with Crippen LogP contribution in [0.4, 0.5) is 4.39 Å². The number of amides is 1. The van der Waals surface area contributed by atoms with Crippen molar-refractivity contribution in [1.82, 2.24) is 9.21 Å². The molecule has 0 aromatic heterocycles. The molecule has 0 radical (unpaired) electrons. The molecule has 2 aromatic rings. The van der Waals surface area contributed by atoms with Gasteiger partial charge in [0, 0.05) is 26.2 Å². The number of carbonyl (C=O) groups is 1. The van der Waals surface area contributed by atoms with Crippen LogP contribution in [0.3, 0.4) is 0 Å². The van der Waals surface area contributed by atoms with Crippen molar-refractivity contribution in [2.45, 2.75) is 24.8 Å². The minimum atomic E-state index is -3.70. The number of sulfonamides is 1. The Kier molecular flexibility index (Phi) is 6.00. The van der Waals surface area contributed by atoms with Gasteiger partial charge in [-0.05, 0) is 50.2 Å². The summed E-state index contributed by atoms with van der Waals surface area (Å²) in [5, 5.41) is 0. The Morgan fingerprint density at radius 2 is 1.57 bits per heavy atom. The molecule has 1 aliphatic heterocycles. The van der Waals surface area contributed by atoms with Crippen molar-refractivity contribution in [3.05, 3.63) is 59.9 Å². The highest BCUT2D eigenvalue weighted by molar-refractivity contribution is 7.89. The number of aryl methyl sites for hydroxylation is 1. The normalized spacial score (nSPS) is 16.6. The van der Waals surface area contributed by atoms with Crippen molar-refractivity contribution in [2.24, 2.45) is 0 Å². The molecule has 1 heterocycles. The molecule has 1 aliphatic rings. The molecule has 0 spiro atoms. The zero-order chi connectivity index (χ0) is 20.3. The van der Waals surface area contributed by atoms with Gasteiger partial charge in [-0.1, -0.05) is 17.7 Å². The van der Waals surface area contributed by atoms with Crippen molar-refractivity contribution in [1.29, 1.82) is 0 Å². The van der Waals surface area contributed by atoms with Crippen molar-refractivity contribution >= 4 is 15.9 Å². The second kappa shape index (κ2) is 8.28. The maximum atomic E-state index is 13.0. The maximum absolute atomic E-state index is 13.0. The lowest BCUT2D eigenvalue weighted by Crippen LogP contribution is -2.53. The molecule has 6 nitrogen and oxygen atoms in total. The molecule has 0 aliphatic carbocycles. The number of ether oxygens (including phenoxy) is 1. The Morgan fingerprint density at radius 3 is 2.14 bits per heavy atom. The molecule has 1 unspecified atom stereocenters. The fourth-order valence-electron chi connectivity index (χ4n) is 3.03. The van der Waals surface area contributed by atoms with Crippen molar-refractivity contribution in [3.8, 4) is 5.75 Å². The third-order valence-corrected chi connectivity index (χ3v) is 6.60. The molecule has 150 valence electrons. The van der Waals surface area contributed by atoms with E-state index in [9.17, 15) is 17.6 Å². The van der Waals surface area contributed by atoms with E-state index < -0.39 is 21.9 Å². The molecule has 1 saturated heterocycles. The lowest BCUT2D eigenvalue weighted by atomic mass is 10.2. The van der Waals surface area contributed by atoms with Gasteiger partial charge >= 0.3 is 0 Å². The van der Waals surface area contributed by atoms with Crippen LogP contribution in [0.2, 0.25) is 0 Å². The SMILES string of the molecule is Cc1ccc(OC(C)C(=O)N2CCN(S(=O)(=O)c3ccc(F)cc3)CC2)cc1. The molecule has 0 N–H and O–H groups in total. The number of piperazine rings is 1. The minimum absolute atomic E-state index is 0.0461. The summed E-state index contributed by atoms with van der Waals surface area (Å²) in [4.78, 5) is 14.3. The van der Waals surface area contributed by atoms with Crippen LogP contribution in [0.25, 0.3) is 0 Å². The van der Waals surface area contributed by atoms with E-state index in [0.717, 1.165) is 17.7 Å². The van der Waals surface area contributed by atoms with Gasteiger partial charge in [-0.25, -0.2) is 12.8 Å². The van der Waals surface area contributed by atoms with Gasteiger partial charge in [0.25, 0.3) is 5.91 Å². The van der Waals surface area contributed by atoms with Crippen LogP contribution >= 0.6 is 0 Å². The lowest BCUT2D eigenvalue weighted by molar-refractivity contribution is -0.139. The summed E-state index contributed by atoms with van der Waals surface area (Å²) in [6.45, 7) is 4.58. The summed E-state index contributed by atoms with van der Waals surface area (Å²) in [6, 6.07) is 12.2. The Balaban J connectivity index is 1.58. The van der Waals surface area contributed by atoms with E-state index in [4.69, 9.17) is 4.74 Å². The van der Waals surface area contributed by atoms with Gasteiger partial charge in [0.1, 0.15) is 11.6 Å². The molecule has 1 amide bonds. The fraction of sp³-hybridized carbons (Fsp3) is 0.350. The molecule has 3 rings (SSSR count). The van der Waals surface area contributed by atoms with E-state index in [2.05, 4.69) is 0 Å². The van der Waals surface area contributed by atoms with Crippen LogP contribution in [0.15, 0.2) is 53.4 Å². The maximum Gasteiger partial charge on any atom is 0.263 e. The smallest absolute Gasteiger partial charge is 0.263 e. The highest BCUT2D eigenvalue weighted by Crippen LogP contribution is 2.19. The fourth-order valence-corrected chi connectivity index (χ4v) is 4.46. The van der Waals surface area contributed by atoms with Crippen molar-refractivity contribution in [3.63, 3.8) is 0 Å². The van der Waals surface area contributed by atoms with Gasteiger partial charge in [-0.15, -0.1) is 0 Å². The third-order valence-electron chi connectivity index (χ3n) is 4.68. The molecule has 1 fully saturated rings. The van der Waals surface area contributed by atoms with Gasteiger partial charge in [-0.2, -0.15) is 4.31 Å². The number of carbonyl (C=O) groups excluding carboxylic acids is 1. The molecular weight excluding hydrogens is 383 g/mol. The van der Waals surface area contributed by atoms with Crippen LogP contribution in [0, 0.1) is 12.7 Å². The quantitative estimate of drug-likeness (QED) is 0.765. The highest BCUT2D eigenvalue weighted by Gasteiger charge is 2.32. The first-order chi connectivity index (χ1) is 13.3. The average Bonchev–Trinajstić information content (AvgIpc) is 2.69. The number of hydrogen-bond donors (Lipinski definition) is 0. The largest absolute Gasteiger partial charge is 0.481 e. The first-order valence-electron chi connectivity index (χ1n) is 9.05. The van der Waals surface area contributed by atoms with Gasteiger partial charge in [0.15, 0.2) is 6.10 Å². The Labute approximate surface area is 164 Å². The third kappa shape index (κ3) is 4.51. The van der Waals surface area contributed by atoms with E-state index in [-0.39, 0.29) is 37.0 Å². The summed E-state index contributed by atoms with van der Waals surface area (Å²) in [6.07, 6.45) is -0.664. The van der Waals surface area contributed by atoms with Crippen LogP contribution in [0.5, 0.6) is 5.75 Å². The van der Waals surface area contributed by atoms with Gasteiger partial charge in [-0.3, -0.25) is 4.79 Å². The molecule has 28 heavy (non-hydrogen) atoms. The summed E-state index contributed by atoms with van der Waals surface area (Å²) in [7, 11) is -3.70. The first-order valence-corrected chi connectivity index (χ1v) is 10.5. The van der Waals surface area contributed by atoms with Gasteiger partial charge in [0.05, 0.1) is 4.90 Å². The Morgan fingerprint density at radius 1 is 1.00 bits per heavy atom. The summed E-state index contributed by atoms with van der Waals surface area (Å²) < 4.78 is 45.4. The van der Waals surface area contributed by atoms with Gasteiger partial charge in [0.2, 0.25) is 10.0 Å². The van der Waals surface area contributed by atoms with Crippen molar-refractivity contribution in [2.75, 3.05) is 26.2 Å².